The van der Waals surface area contributed by atoms with E-state index in [-0.39, 0.29) is 5.41 Å². The molecular weight excluding hydrogens is 312 g/mol. The van der Waals surface area contributed by atoms with Gasteiger partial charge in [0.05, 0.1) is 12.5 Å². The van der Waals surface area contributed by atoms with Gasteiger partial charge in [0.15, 0.2) is 0 Å². The maximum absolute atomic E-state index is 13.3. The second kappa shape index (κ2) is 7.61. The summed E-state index contributed by atoms with van der Waals surface area (Å²) in [6, 6.07) is 8.05. The van der Waals surface area contributed by atoms with E-state index in [4.69, 9.17) is 4.74 Å². The molecule has 3 rings (SSSR count). The quantitative estimate of drug-likeness (QED) is 0.768. The molecular formula is C21H30N2O2. The number of benzene rings is 1. The van der Waals surface area contributed by atoms with Gasteiger partial charge in [0.1, 0.15) is 5.75 Å². The summed E-state index contributed by atoms with van der Waals surface area (Å²) in [6.07, 6.45) is 5.30. The highest BCUT2D eigenvalue weighted by atomic mass is 16.5. The lowest BCUT2D eigenvalue weighted by Crippen LogP contribution is -2.49. The number of methoxy groups -OCH3 is 1. The Morgan fingerprint density at radius 1 is 1.32 bits per heavy atom. The van der Waals surface area contributed by atoms with Crippen LogP contribution in [-0.4, -0.2) is 49.0 Å². The lowest BCUT2D eigenvalue weighted by Gasteiger charge is -2.39. The van der Waals surface area contributed by atoms with Crippen molar-refractivity contribution in [1.29, 1.82) is 0 Å². The van der Waals surface area contributed by atoms with E-state index in [0.717, 1.165) is 56.8 Å². The molecule has 136 valence electrons. The molecule has 1 amide bonds. The third-order valence-electron chi connectivity index (χ3n) is 5.73. The molecule has 1 spiro atoms. The van der Waals surface area contributed by atoms with Crippen molar-refractivity contribution in [1.82, 2.24) is 9.80 Å². The summed E-state index contributed by atoms with van der Waals surface area (Å²) in [7, 11) is 1.68. The second-order valence-electron chi connectivity index (χ2n) is 7.56. The van der Waals surface area contributed by atoms with Gasteiger partial charge >= 0.3 is 0 Å². The van der Waals surface area contributed by atoms with Crippen molar-refractivity contribution < 1.29 is 9.53 Å². The minimum absolute atomic E-state index is 0.162. The minimum atomic E-state index is -0.162. The summed E-state index contributed by atoms with van der Waals surface area (Å²) in [5.74, 6) is 1.20. The van der Waals surface area contributed by atoms with Crippen molar-refractivity contribution in [2.24, 2.45) is 5.41 Å². The Labute approximate surface area is 151 Å². The highest BCUT2D eigenvalue weighted by Crippen LogP contribution is 2.40. The van der Waals surface area contributed by atoms with Gasteiger partial charge in [-0.25, -0.2) is 0 Å². The van der Waals surface area contributed by atoms with Crippen LogP contribution >= 0.6 is 0 Å². The monoisotopic (exact) mass is 342 g/mol. The molecule has 0 aromatic heterocycles. The van der Waals surface area contributed by atoms with Crippen molar-refractivity contribution >= 4 is 5.91 Å². The summed E-state index contributed by atoms with van der Waals surface area (Å²) in [5, 5.41) is 0. The van der Waals surface area contributed by atoms with Crippen LogP contribution in [0.2, 0.25) is 0 Å². The van der Waals surface area contributed by atoms with Crippen LogP contribution in [-0.2, 0) is 11.3 Å². The summed E-state index contributed by atoms with van der Waals surface area (Å²) in [6.45, 7) is 8.74. The molecule has 2 aliphatic rings. The Morgan fingerprint density at radius 3 is 2.92 bits per heavy atom. The lowest BCUT2D eigenvalue weighted by molar-refractivity contribution is -0.146. The van der Waals surface area contributed by atoms with Crippen LogP contribution < -0.4 is 4.74 Å². The topological polar surface area (TPSA) is 32.8 Å². The van der Waals surface area contributed by atoms with Gasteiger partial charge in [-0.05, 0) is 57.4 Å². The third-order valence-corrected chi connectivity index (χ3v) is 5.73. The summed E-state index contributed by atoms with van der Waals surface area (Å²) >= 11 is 0. The molecule has 0 saturated carbocycles. The fraction of sp³-hybridized carbons (Fsp3) is 0.571. The van der Waals surface area contributed by atoms with E-state index in [1.807, 2.05) is 18.2 Å². The molecule has 1 unspecified atom stereocenters. The van der Waals surface area contributed by atoms with E-state index in [2.05, 4.69) is 35.8 Å². The van der Waals surface area contributed by atoms with Crippen molar-refractivity contribution in [3.8, 4) is 5.75 Å². The zero-order chi connectivity index (χ0) is 17.9. The summed E-state index contributed by atoms with van der Waals surface area (Å²) in [4.78, 5) is 17.8. The van der Waals surface area contributed by atoms with Crippen LogP contribution in [0.25, 0.3) is 0 Å². The van der Waals surface area contributed by atoms with Gasteiger partial charge < -0.3 is 9.64 Å². The minimum Gasteiger partial charge on any atom is -0.497 e. The fourth-order valence-electron chi connectivity index (χ4n) is 4.21. The first-order valence-electron chi connectivity index (χ1n) is 9.33. The Hall–Kier alpha value is -1.81. The van der Waals surface area contributed by atoms with Crippen LogP contribution in [0.1, 0.15) is 38.7 Å². The van der Waals surface area contributed by atoms with Gasteiger partial charge in [-0.15, -0.1) is 0 Å². The van der Waals surface area contributed by atoms with Crippen molar-refractivity contribution in [3.05, 3.63) is 41.5 Å². The van der Waals surface area contributed by atoms with E-state index in [1.54, 1.807) is 7.11 Å². The number of allylic oxidation sites excluding steroid dienone is 1. The van der Waals surface area contributed by atoms with Gasteiger partial charge in [0.25, 0.3) is 0 Å². The van der Waals surface area contributed by atoms with E-state index >= 15 is 0 Å². The maximum atomic E-state index is 13.3. The number of amides is 1. The number of ether oxygens (including phenoxy) is 1. The predicted octanol–water partition coefficient (Wildman–Crippen LogP) is 3.48. The molecule has 25 heavy (non-hydrogen) atoms. The van der Waals surface area contributed by atoms with Crippen LogP contribution in [0, 0.1) is 5.41 Å². The first-order chi connectivity index (χ1) is 12.1. The molecule has 4 nitrogen and oxygen atoms in total. The molecule has 2 fully saturated rings. The Balaban J connectivity index is 1.69. The highest BCUT2D eigenvalue weighted by Gasteiger charge is 2.48. The highest BCUT2D eigenvalue weighted by molar-refractivity contribution is 5.84. The van der Waals surface area contributed by atoms with Gasteiger partial charge in [0, 0.05) is 26.2 Å². The summed E-state index contributed by atoms with van der Waals surface area (Å²) < 4.78 is 5.31. The van der Waals surface area contributed by atoms with Gasteiger partial charge in [0.2, 0.25) is 5.91 Å². The average molecular weight is 342 g/mol. The number of likely N-dealkylation sites (tertiary alicyclic amines) is 2. The molecule has 2 saturated heterocycles. The number of nitrogens with zero attached hydrogens (tertiary/aromatic N) is 2. The lowest BCUT2D eigenvalue weighted by atomic mass is 9.78. The van der Waals surface area contributed by atoms with E-state index in [9.17, 15) is 4.79 Å². The Bertz CT molecular complexity index is 655. The molecule has 1 aromatic carbocycles. The van der Waals surface area contributed by atoms with Crippen LogP contribution in [0.3, 0.4) is 0 Å². The Morgan fingerprint density at radius 2 is 2.16 bits per heavy atom. The molecule has 0 radical (unpaired) electrons. The van der Waals surface area contributed by atoms with Crippen molar-refractivity contribution in [2.45, 2.75) is 39.7 Å². The largest absolute Gasteiger partial charge is 0.497 e. The van der Waals surface area contributed by atoms with Gasteiger partial charge in [-0.3, -0.25) is 9.69 Å². The van der Waals surface area contributed by atoms with E-state index in [0.29, 0.717) is 12.5 Å². The number of rotatable bonds is 5. The number of carbonyl (C=O) groups is 1. The smallest absolute Gasteiger partial charge is 0.230 e. The second-order valence-corrected chi connectivity index (χ2v) is 7.56. The van der Waals surface area contributed by atoms with Crippen molar-refractivity contribution in [2.75, 3.05) is 33.3 Å². The van der Waals surface area contributed by atoms with E-state index < -0.39 is 0 Å². The number of hydrogen-bond acceptors (Lipinski definition) is 3. The Kier molecular flexibility index (Phi) is 5.48. The van der Waals surface area contributed by atoms with Crippen molar-refractivity contribution in [3.63, 3.8) is 0 Å². The molecule has 1 aromatic rings. The van der Waals surface area contributed by atoms with Crippen LogP contribution in [0.15, 0.2) is 35.9 Å². The van der Waals surface area contributed by atoms with Crippen LogP contribution in [0.4, 0.5) is 0 Å². The number of carbonyl (C=O) groups excluding carboxylic acids is 1. The number of piperidine rings is 1. The average Bonchev–Trinajstić information content (AvgIpc) is 3.02. The standard InChI is InChI=1S/C21H30N2O2/c1-4-17(2)14-22-12-10-21(16-22)9-6-11-23(20(21)24)15-18-7-5-8-19(13-18)25-3/h4-5,7-8,13H,6,9-12,14-16H2,1-3H3. The van der Waals surface area contributed by atoms with Crippen LogP contribution in [0.5, 0.6) is 5.75 Å². The molecule has 0 aliphatic carbocycles. The molecule has 1 atom stereocenters. The van der Waals surface area contributed by atoms with Gasteiger partial charge in [-0.1, -0.05) is 23.8 Å². The zero-order valence-electron chi connectivity index (χ0n) is 15.8. The molecule has 2 aliphatic heterocycles. The van der Waals surface area contributed by atoms with Gasteiger partial charge in [-0.2, -0.15) is 0 Å². The zero-order valence-corrected chi connectivity index (χ0v) is 15.8. The normalized spacial score (nSPS) is 25.0. The third kappa shape index (κ3) is 3.90. The molecule has 0 N–H and O–H groups in total. The van der Waals surface area contributed by atoms with E-state index in [1.165, 1.54) is 5.57 Å². The summed E-state index contributed by atoms with van der Waals surface area (Å²) in [5.41, 5.74) is 2.36. The first kappa shape index (κ1) is 18.0. The maximum Gasteiger partial charge on any atom is 0.230 e. The molecule has 2 heterocycles. The SMILES string of the molecule is CC=C(C)CN1CCC2(CCCN(Cc3cccc(OC)c3)C2=O)C1. The first-order valence-corrected chi connectivity index (χ1v) is 9.33. The predicted molar refractivity (Wildman–Crippen MR) is 101 cm³/mol. The molecule has 4 heteroatoms. The fourth-order valence-corrected chi connectivity index (χ4v) is 4.21. The molecule has 0 bridgehead atoms. The number of hydrogen-bond donors (Lipinski definition) is 0.